The van der Waals surface area contributed by atoms with E-state index in [1.807, 2.05) is 19.1 Å². The van der Waals surface area contributed by atoms with Crippen LogP contribution in [0.3, 0.4) is 0 Å². The van der Waals surface area contributed by atoms with Crippen molar-refractivity contribution in [3.05, 3.63) is 29.3 Å². The van der Waals surface area contributed by atoms with Crippen molar-refractivity contribution < 1.29 is 10.2 Å². The molecular weight excluding hydrogens is 250 g/mol. The molecule has 20 heavy (non-hydrogen) atoms. The molecule has 0 aliphatic heterocycles. The second-order valence-corrected chi connectivity index (χ2v) is 6.80. The van der Waals surface area contributed by atoms with Gasteiger partial charge in [-0.3, -0.25) is 0 Å². The molecular formula is C17H27NO2. The summed E-state index contributed by atoms with van der Waals surface area (Å²) < 4.78 is 0. The van der Waals surface area contributed by atoms with Crippen LogP contribution in [-0.4, -0.2) is 22.4 Å². The van der Waals surface area contributed by atoms with Crippen LogP contribution in [0.5, 0.6) is 5.75 Å². The van der Waals surface area contributed by atoms with Gasteiger partial charge in [-0.2, -0.15) is 0 Å². The smallest absolute Gasteiger partial charge is 0.115 e. The quantitative estimate of drug-likeness (QED) is 0.775. The van der Waals surface area contributed by atoms with E-state index in [9.17, 15) is 10.2 Å². The molecule has 0 radical (unpaired) electrons. The molecule has 0 spiro atoms. The highest BCUT2D eigenvalue weighted by atomic mass is 16.3. The van der Waals surface area contributed by atoms with E-state index in [-0.39, 0.29) is 6.04 Å². The largest absolute Gasteiger partial charge is 0.508 e. The van der Waals surface area contributed by atoms with E-state index in [1.165, 1.54) is 11.1 Å². The highest BCUT2D eigenvalue weighted by molar-refractivity contribution is 5.38. The number of hydrogen-bond donors (Lipinski definition) is 3. The Hall–Kier alpha value is -1.06. The van der Waals surface area contributed by atoms with Crippen molar-refractivity contribution in [3.63, 3.8) is 0 Å². The predicted molar refractivity (Wildman–Crippen MR) is 81.9 cm³/mol. The molecule has 2 rings (SSSR count). The fraction of sp³-hybridized carbons (Fsp3) is 0.647. The predicted octanol–water partition coefficient (Wildman–Crippen LogP) is 3.16. The van der Waals surface area contributed by atoms with Crippen LogP contribution in [0.25, 0.3) is 0 Å². The van der Waals surface area contributed by atoms with E-state index >= 15 is 0 Å². The number of fused-ring (bicyclic) bond motifs is 1. The molecule has 3 heteroatoms. The average molecular weight is 277 g/mol. The van der Waals surface area contributed by atoms with E-state index in [1.54, 1.807) is 6.07 Å². The molecule has 1 aromatic carbocycles. The van der Waals surface area contributed by atoms with Gasteiger partial charge in [0.15, 0.2) is 0 Å². The third-order valence-corrected chi connectivity index (χ3v) is 4.02. The molecule has 0 amide bonds. The summed E-state index contributed by atoms with van der Waals surface area (Å²) in [6, 6.07) is 5.93. The molecule has 2 atom stereocenters. The van der Waals surface area contributed by atoms with Crippen LogP contribution in [0, 0.1) is 5.92 Å². The van der Waals surface area contributed by atoms with Crippen molar-refractivity contribution >= 4 is 0 Å². The van der Waals surface area contributed by atoms with Gasteiger partial charge in [0.25, 0.3) is 0 Å². The molecule has 0 fully saturated rings. The van der Waals surface area contributed by atoms with Gasteiger partial charge < -0.3 is 15.5 Å². The van der Waals surface area contributed by atoms with E-state index in [4.69, 9.17) is 0 Å². The number of nitrogens with one attached hydrogen (secondary N) is 1. The van der Waals surface area contributed by atoms with Crippen LogP contribution < -0.4 is 5.32 Å². The Balaban J connectivity index is 2.02. The summed E-state index contributed by atoms with van der Waals surface area (Å²) in [6.45, 7) is 6.77. The highest BCUT2D eigenvalue weighted by Gasteiger charge is 2.25. The van der Waals surface area contributed by atoms with E-state index < -0.39 is 5.60 Å². The van der Waals surface area contributed by atoms with Gasteiger partial charge in [-0.1, -0.05) is 19.9 Å². The number of phenols is 1. The Morgan fingerprint density at radius 3 is 2.85 bits per heavy atom. The Morgan fingerprint density at radius 1 is 1.40 bits per heavy atom. The van der Waals surface area contributed by atoms with Crippen molar-refractivity contribution in [1.29, 1.82) is 0 Å². The molecule has 1 aliphatic rings. The Morgan fingerprint density at radius 2 is 2.15 bits per heavy atom. The van der Waals surface area contributed by atoms with E-state index in [0.717, 1.165) is 25.7 Å². The van der Waals surface area contributed by atoms with Gasteiger partial charge in [0.2, 0.25) is 0 Å². The molecule has 1 aliphatic carbocycles. The molecule has 3 N–H and O–H groups in total. The monoisotopic (exact) mass is 277 g/mol. The van der Waals surface area contributed by atoms with Gasteiger partial charge in [0.1, 0.15) is 5.75 Å². The molecule has 112 valence electrons. The molecule has 1 aromatic rings. The SMILES string of the molecule is CC(C)CC(C)(O)CNC1CCCc2cc(O)ccc21. The molecule has 0 bridgehead atoms. The standard InChI is InChI=1S/C17H27NO2/c1-12(2)10-17(3,20)11-18-16-6-4-5-13-9-14(19)7-8-15(13)16/h7-9,12,16,18-20H,4-6,10-11H2,1-3H3. The Kier molecular flexibility index (Phi) is 4.71. The number of aliphatic hydroxyl groups is 1. The number of benzene rings is 1. The third kappa shape index (κ3) is 3.97. The lowest BCUT2D eigenvalue weighted by molar-refractivity contribution is 0.0353. The first-order valence-electron chi connectivity index (χ1n) is 7.65. The third-order valence-electron chi connectivity index (χ3n) is 4.02. The lowest BCUT2D eigenvalue weighted by Gasteiger charge is -2.31. The van der Waals surface area contributed by atoms with Crippen molar-refractivity contribution in [2.24, 2.45) is 5.92 Å². The van der Waals surface area contributed by atoms with Gasteiger partial charge in [0.05, 0.1) is 5.60 Å². The van der Waals surface area contributed by atoms with Crippen LogP contribution in [0.4, 0.5) is 0 Å². The maximum Gasteiger partial charge on any atom is 0.115 e. The minimum Gasteiger partial charge on any atom is -0.508 e. The average Bonchev–Trinajstić information content (AvgIpc) is 2.34. The molecule has 0 aromatic heterocycles. The zero-order chi connectivity index (χ0) is 14.8. The van der Waals surface area contributed by atoms with E-state index in [0.29, 0.717) is 18.2 Å². The summed E-state index contributed by atoms with van der Waals surface area (Å²) in [7, 11) is 0. The summed E-state index contributed by atoms with van der Waals surface area (Å²) in [6.07, 6.45) is 4.05. The second kappa shape index (κ2) is 6.15. The first-order chi connectivity index (χ1) is 9.37. The number of rotatable bonds is 5. The normalized spacial score (nSPS) is 21.6. The molecule has 0 saturated carbocycles. The molecule has 0 heterocycles. The second-order valence-electron chi connectivity index (χ2n) is 6.80. The zero-order valence-corrected chi connectivity index (χ0v) is 12.8. The van der Waals surface area contributed by atoms with Crippen molar-refractivity contribution in [2.45, 2.75) is 58.1 Å². The van der Waals surface area contributed by atoms with Gasteiger partial charge in [-0.15, -0.1) is 0 Å². The summed E-state index contributed by atoms with van der Waals surface area (Å²) in [5.74, 6) is 0.832. The summed E-state index contributed by atoms with van der Waals surface area (Å²) >= 11 is 0. The topological polar surface area (TPSA) is 52.5 Å². The van der Waals surface area contributed by atoms with Crippen LogP contribution in [0.15, 0.2) is 18.2 Å². The summed E-state index contributed by atoms with van der Waals surface area (Å²) in [5, 5.41) is 23.5. The maximum absolute atomic E-state index is 10.4. The Labute approximate surface area is 122 Å². The maximum atomic E-state index is 10.4. The van der Waals surface area contributed by atoms with E-state index in [2.05, 4.69) is 19.2 Å². The fourth-order valence-electron chi connectivity index (χ4n) is 3.31. The van der Waals surface area contributed by atoms with Crippen LogP contribution in [0.2, 0.25) is 0 Å². The van der Waals surface area contributed by atoms with Crippen molar-refractivity contribution in [2.75, 3.05) is 6.54 Å². The van der Waals surface area contributed by atoms with Crippen LogP contribution in [-0.2, 0) is 6.42 Å². The Bertz CT molecular complexity index is 454. The number of aromatic hydroxyl groups is 1. The zero-order valence-electron chi connectivity index (χ0n) is 12.8. The van der Waals surface area contributed by atoms with Crippen molar-refractivity contribution in [1.82, 2.24) is 5.32 Å². The molecule has 2 unspecified atom stereocenters. The van der Waals surface area contributed by atoms with Crippen LogP contribution in [0.1, 0.15) is 57.2 Å². The van der Waals surface area contributed by atoms with Crippen LogP contribution >= 0.6 is 0 Å². The number of aryl methyl sites for hydroxylation is 1. The highest BCUT2D eigenvalue weighted by Crippen LogP contribution is 2.32. The minimum absolute atomic E-state index is 0.290. The molecule has 0 saturated heterocycles. The van der Waals surface area contributed by atoms with Gasteiger partial charge >= 0.3 is 0 Å². The van der Waals surface area contributed by atoms with Gasteiger partial charge in [-0.25, -0.2) is 0 Å². The summed E-state index contributed by atoms with van der Waals surface area (Å²) in [5.41, 5.74) is 1.84. The first-order valence-corrected chi connectivity index (χ1v) is 7.65. The number of hydrogen-bond acceptors (Lipinski definition) is 3. The van der Waals surface area contributed by atoms with Gasteiger partial charge in [0, 0.05) is 12.6 Å². The lowest BCUT2D eigenvalue weighted by Crippen LogP contribution is -2.41. The molecule has 3 nitrogen and oxygen atoms in total. The number of phenolic OH excluding ortho intramolecular Hbond substituents is 1. The van der Waals surface area contributed by atoms with Gasteiger partial charge in [-0.05, 0) is 61.8 Å². The minimum atomic E-state index is -0.664. The lowest BCUT2D eigenvalue weighted by atomic mass is 9.86. The first kappa shape index (κ1) is 15.3. The fourth-order valence-corrected chi connectivity index (χ4v) is 3.31. The van der Waals surface area contributed by atoms with Crippen molar-refractivity contribution in [3.8, 4) is 5.75 Å². The summed E-state index contributed by atoms with van der Waals surface area (Å²) in [4.78, 5) is 0.